The number of rotatable bonds is 7. The molecule has 0 aromatic heterocycles. The van der Waals surface area contributed by atoms with Crippen LogP contribution in [-0.2, 0) is 28.5 Å². The number of thiocarbonyl (C=S) groups is 1. The third-order valence-electron chi connectivity index (χ3n) is 4.41. The highest BCUT2D eigenvalue weighted by Gasteiger charge is 2.14. The van der Waals surface area contributed by atoms with Gasteiger partial charge in [0.05, 0.1) is 11.9 Å². The molecule has 0 spiro atoms. The fourth-order valence-electron chi connectivity index (χ4n) is 2.79. The molecule has 0 radical (unpaired) electrons. The van der Waals surface area contributed by atoms with Crippen LogP contribution < -0.4 is 15.4 Å². The maximum Gasteiger partial charge on any atom is 0.229 e. The van der Waals surface area contributed by atoms with Gasteiger partial charge >= 0.3 is 0 Å². The van der Waals surface area contributed by atoms with Crippen LogP contribution in [0.3, 0.4) is 0 Å². The van der Waals surface area contributed by atoms with Gasteiger partial charge in [0, 0.05) is 18.7 Å². The lowest BCUT2D eigenvalue weighted by Gasteiger charge is -2.19. The third kappa shape index (κ3) is 7.11. The Morgan fingerprint density at radius 2 is 1.67 bits per heavy atom. The summed E-state index contributed by atoms with van der Waals surface area (Å²) in [5.41, 5.74) is 3.32. The molecule has 0 unspecified atom stereocenters. The first kappa shape index (κ1) is 23.8. The Balaban J connectivity index is 1.96. The van der Waals surface area contributed by atoms with E-state index in [0.29, 0.717) is 22.8 Å². The molecule has 0 aliphatic heterocycles. The predicted molar refractivity (Wildman–Crippen MR) is 126 cm³/mol. The fraction of sp³-hybridized carbons (Fsp3) is 0.318. The Kier molecular flexibility index (Phi) is 7.60. The molecule has 0 saturated heterocycles. The first-order chi connectivity index (χ1) is 13.9. The Hall–Kier alpha value is -2.45. The van der Waals surface area contributed by atoms with Gasteiger partial charge in [-0.05, 0) is 46.5 Å². The largest absolute Gasteiger partial charge is 0.359 e. The zero-order valence-corrected chi connectivity index (χ0v) is 19.3. The van der Waals surface area contributed by atoms with Gasteiger partial charge in [0.2, 0.25) is 10.0 Å². The summed E-state index contributed by atoms with van der Waals surface area (Å²) in [6, 6.07) is 11.3. The molecule has 0 bridgehead atoms. The van der Waals surface area contributed by atoms with Crippen LogP contribution in [0.5, 0.6) is 0 Å². The summed E-state index contributed by atoms with van der Waals surface area (Å²) in [5.74, 6) is -0.674. The van der Waals surface area contributed by atoms with Crippen LogP contribution in [0.15, 0.2) is 43.0 Å². The molecule has 30 heavy (non-hydrogen) atoms. The van der Waals surface area contributed by atoms with Crippen molar-refractivity contribution in [3.63, 3.8) is 0 Å². The molecule has 2 rings (SSSR count). The lowest BCUT2D eigenvalue weighted by atomic mass is 9.87. The van der Waals surface area contributed by atoms with Crippen molar-refractivity contribution in [1.82, 2.24) is 10.6 Å². The molecule has 8 heteroatoms. The van der Waals surface area contributed by atoms with Gasteiger partial charge in [-0.3, -0.25) is 4.72 Å². The standard InChI is InChI=1S/C22H28FN3O2S2/c1-6-17-11-16(12-19(23)20(17)26-30(5,27)28)14-25-21(29)24-13-15-7-9-18(10-8-15)22(2,3)4/h6-12,26H,1,13-14H2,2-5H3,(H2,24,25,29). The van der Waals surface area contributed by atoms with E-state index in [1.807, 2.05) is 0 Å². The van der Waals surface area contributed by atoms with Crippen molar-refractivity contribution in [2.75, 3.05) is 11.0 Å². The van der Waals surface area contributed by atoms with Crippen LogP contribution in [0.25, 0.3) is 6.08 Å². The molecule has 0 saturated carbocycles. The van der Waals surface area contributed by atoms with Crippen molar-refractivity contribution >= 4 is 39.1 Å². The Labute approximate surface area is 183 Å². The molecule has 162 valence electrons. The fourth-order valence-corrected chi connectivity index (χ4v) is 3.52. The van der Waals surface area contributed by atoms with Gasteiger partial charge in [-0.15, -0.1) is 0 Å². The maximum absolute atomic E-state index is 14.4. The van der Waals surface area contributed by atoms with Gasteiger partial charge in [0.1, 0.15) is 5.82 Å². The smallest absolute Gasteiger partial charge is 0.229 e. The second-order valence-corrected chi connectivity index (χ2v) is 10.3. The van der Waals surface area contributed by atoms with Gasteiger partial charge in [-0.1, -0.05) is 57.7 Å². The third-order valence-corrected chi connectivity index (χ3v) is 5.28. The van der Waals surface area contributed by atoms with Crippen molar-refractivity contribution in [2.45, 2.75) is 39.3 Å². The van der Waals surface area contributed by atoms with Gasteiger partial charge in [0.25, 0.3) is 0 Å². The molecule has 0 aliphatic rings. The van der Waals surface area contributed by atoms with E-state index in [4.69, 9.17) is 12.2 Å². The summed E-state index contributed by atoms with van der Waals surface area (Å²) >= 11 is 5.30. The van der Waals surface area contributed by atoms with E-state index in [2.05, 4.69) is 67.0 Å². The van der Waals surface area contributed by atoms with Crippen LogP contribution >= 0.6 is 12.2 Å². The molecule has 0 aliphatic carbocycles. The quantitative estimate of drug-likeness (QED) is 0.550. The molecule has 0 fully saturated rings. The van der Waals surface area contributed by atoms with Crippen molar-refractivity contribution in [2.24, 2.45) is 0 Å². The van der Waals surface area contributed by atoms with E-state index in [1.165, 1.54) is 17.7 Å². The average molecular weight is 450 g/mol. The van der Waals surface area contributed by atoms with E-state index in [0.717, 1.165) is 11.8 Å². The SMILES string of the molecule is C=Cc1cc(CNC(=S)NCc2ccc(C(C)(C)C)cc2)cc(F)c1NS(C)(=O)=O. The summed E-state index contributed by atoms with van der Waals surface area (Å²) in [7, 11) is -3.60. The number of hydrogen-bond donors (Lipinski definition) is 3. The summed E-state index contributed by atoms with van der Waals surface area (Å²) in [5, 5.41) is 6.60. The van der Waals surface area contributed by atoms with Crippen LogP contribution in [0.1, 0.15) is 43.0 Å². The first-order valence-electron chi connectivity index (χ1n) is 9.43. The van der Waals surface area contributed by atoms with Crippen LogP contribution in [0.4, 0.5) is 10.1 Å². The summed E-state index contributed by atoms with van der Waals surface area (Å²) in [6.45, 7) is 11.0. The molecule has 0 heterocycles. The van der Waals surface area contributed by atoms with Gasteiger partial charge in [-0.25, -0.2) is 12.8 Å². The maximum atomic E-state index is 14.4. The van der Waals surface area contributed by atoms with Crippen molar-refractivity contribution in [1.29, 1.82) is 0 Å². The number of hydrogen-bond acceptors (Lipinski definition) is 3. The highest BCUT2D eigenvalue weighted by Crippen LogP contribution is 2.24. The number of nitrogens with one attached hydrogen (secondary N) is 3. The van der Waals surface area contributed by atoms with Crippen molar-refractivity contribution < 1.29 is 12.8 Å². The Morgan fingerprint density at radius 3 is 2.17 bits per heavy atom. The zero-order valence-electron chi connectivity index (χ0n) is 17.7. The summed E-state index contributed by atoms with van der Waals surface area (Å²) < 4.78 is 39.4. The average Bonchev–Trinajstić information content (AvgIpc) is 2.65. The monoisotopic (exact) mass is 449 g/mol. The Morgan fingerprint density at radius 1 is 1.10 bits per heavy atom. The molecule has 2 aromatic rings. The molecule has 0 atom stereocenters. The molecular weight excluding hydrogens is 421 g/mol. The van der Waals surface area contributed by atoms with E-state index in [-0.39, 0.29) is 17.6 Å². The first-order valence-corrected chi connectivity index (χ1v) is 11.7. The highest BCUT2D eigenvalue weighted by atomic mass is 32.2. The number of sulfonamides is 1. The van der Waals surface area contributed by atoms with Gasteiger partial charge < -0.3 is 10.6 Å². The normalized spacial score (nSPS) is 11.6. The van der Waals surface area contributed by atoms with E-state index in [9.17, 15) is 12.8 Å². The van der Waals surface area contributed by atoms with E-state index in [1.54, 1.807) is 6.07 Å². The number of anilines is 1. The highest BCUT2D eigenvalue weighted by molar-refractivity contribution is 7.92. The second kappa shape index (κ2) is 9.57. The van der Waals surface area contributed by atoms with Crippen LogP contribution in [0.2, 0.25) is 0 Å². The van der Waals surface area contributed by atoms with E-state index >= 15 is 0 Å². The number of benzene rings is 2. The second-order valence-electron chi connectivity index (χ2n) is 8.10. The topological polar surface area (TPSA) is 70.2 Å². The summed E-state index contributed by atoms with van der Waals surface area (Å²) in [4.78, 5) is 0. The van der Waals surface area contributed by atoms with Crippen LogP contribution in [0, 0.1) is 5.82 Å². The Bertz CT molecular complexity index is 1030. The minimum absolute atomic E-state index is 0.106. The molecular formula is C22H28FN3O2S2. The van der Waals surface area contributed by atoms with Gasteiger partial charge in [-0.2, -0.15) is 0 Å². The van der Waals surface area contributed by atoms with E-state index < -0.39 is 15.8 Å². The lowest BCUT2D eigenvalue weighted by Crippen LogP contribution is -2.34. The zero-order chi connectivity index (χ0) is 22.5. The van der Waals surface area contributed by atoms with Crippen molar-refractivity contribution in [3.8, 4) is 0 Å². The van der Waals surface area contributed by atoms with Crippen molar-refractivity contribution in [3.05, 3.63) is 71.0 Å². The van der Waals surface area contributed by atoms with Crippen LogP contribution in [-0.4, -0.2) is 19.8 Å². The number of halogens is 1. The molecule has 2 aromatic carbocycles. The lowest BCUT2D eigenvalue weighted by molar-refractivity contribution is 0.590. The predicted octanol–water partition coefficient (Wildman–Crippen LogP) is 4.30. The van der Waals surface area contributed by atoms with Gasteiger partial charge in [0.15, 0.2) is 5.11 Å². The molecule has 0 amide bonds. The molecule has 5 nitrogen and oxygen atoms in total. The summed E-state index contributed by atoms with van der Waals surface area (Å²) in [6.07, 6.45) is 2.37. The minimum Gasteiger partial charge on any atom is -0.359 e. The molecule has 3 N–H and O–H groups in total. The minimum atomic E-state index is -3.60.